The predicted molar refractivity (Wildman–Crippen MR) is 161 cm³/mol. The van der Waals surface area contributed by atoms with E-state index in [9.17, 15) is 14.4 Å². The molecule has 2 fully saturated rings. The van der Waals surface area contributed by atoms with Gasteiger partial charge < -0.3 is 20.3 Å². The van der Waals surface area contributed by atoms with Crippen LogP contribution in [0.2, 0.25) is 0 Å². The van der Waals surface area contributed by atoms with Gasteiger partial charge in [-0.2, -0.15) is 0 Å². The fourth-order valence-electron chi connectivity index (χ4n) is 5.92. The minimum atomic E-state index is -0.847. The van der Waals surface area contributed by atoms with Gasteiger partial charge in [-0.05, 0) is 48.8 Å². The van der Waals surface area contributed by atoms with E-state index in [4.69, 9.17) is 4.74 Å². The molecule has 3 aromatic rings. The lowest BCUT2D eigenvalue weighted by molar-refractivity contribution is -0.162. The molecule has 3 amide bonds. The van der Waals surface area contributed by atoms with E-state index in [0.717, 1.165) is 30.8 Å². The number of carbonyl (C=O) groups is 3. The first-order valence-corrected chi connectivity index (χ1v) is 14.9. The Morgan fingerprint density at radius 2 is 1.38 bits per heavy atom. The third kappa shape index (κ3) is 7.36. The Morgan fingerprint density at radius 1 is 0.810 bits per heavy atom. The number of amides is 3. The van der Waals surface area contributed by atoms with Crippen LogP contribution in [-0.2, 0) is 34.0 Å². The molecule has 2 saturated heterocycles. The number of likely N-dealkylation sites (tertiary alicyclic amines) is 1. The first-order valence-electron chi connectivity index (χ1n) is 14.9. The standard InChI is InChI=1S/C34H40N4O4/c39-31-30(18-10-11-21-35-33(41)42-26-29-16-8-3-9-17-29)36-32(40)34(38(31)25-28-14-6-2-7-15-28)19-22-37(23-20-34)24-27-12-4-1-5-13-27/h1-9,12-17,30H,10-11,18-26H2,(H,35,41)(H,36,40). The summed E-state index contributed by atoms with van der Waals surface area (Å²) in [5, 5.41) is 5.86. The minimum absolute atomic E-state index is 0.0230. The van der Waals surface area contributed by atoms with Gasteiger partial charge in [0.2, 0.25) is 11.8 Å². The third-order valence-electron chi connectivity index (χ3n) is 8.33. The predicted octanol–water partition coefficient (Wildman–Crippen LogP) is 4.65. The lowest BCUT2D eigenvalue weighted by Crippen LogP contribution is -2.72. The topological polar surface area (TPSA) is 91.0 Å². The molecule has 42 heavy (non-hydrogen) atoms. The molecule has 1 unspecified atom stereocenters. The maximum absolute atomic E-state index is 13.9. The van der Waals surface area contributed by atoms with Crippen LogP contribution >= 0.6 is 0 Å². The lowest BCUT2D eigenvalue weighted by Gasteiger charge is -2.51. The number of nitrogens with one attached hydrogen (secondary N) is 2. The zero-order chi connectivity index (χ0) is 29.2. The second-order valence-corrected chi connectivity index (χ2v) is 11.2. The van der Waals surface area contributed by atoms with E-state index < -0.39 is 17.7 Å². The monoisotopic (exact) mass is 568 g/mol. The van der Waals surface area contributed by atoms with E-state index in [2.05, 4.69) is 27.7 Å². The molecule has 2 aliphatic heterocycles. The lowest BCUT2D eigenvalue weighted by atomic mass is 9.81. The maximum atomic E-state index is 13.9. The fraction of sp³-hybridized carbons (Fsp3) is 0.382. The Balaban J connectivity index is 1.15. The molecule has 2 aliphatic rings. The van der Waals surface area contributed by atoms with Crippen molar-refractivity contribution < 1.29 is 19.1 Å². The molecule has 1 spiro atoms. The van der Waals surface area contributed by atoms with Crippen LogP contribution in [0.4, 0.5) is 4.79 Å². The van der Waals surface area contributed by atoms with Crippen LogP contribution in [0.15, 0.2) is 91.0 Å². The highest BCUT2D eigenvalue weighted by molar-refractivity contribution is 6.00. The molecule has 8 nitrogen and oxygen atoms in total. The van der Waals surface area contributed by atoms with Crippen molar-refractivity contribution >= 4 is 17.9 Å². The van der Waals surface area contributed by atoms with Crippen molar-refractivity contribution in [3.05, 3.63) is 108 Å². The minimum Gasteiger partial charge on any atom is -0.445 e. The van der Waals surface area contributed by atoms with Gasteiger partial charge in [-0.3, -0.25) is 14.5 Å². The molecule has 0 aliphatic carbocycles. The number of piperazine rings is 1. The Hall–Kier alpha value is -4.17. The second kappa shape index (κ2) is 14.1. The van der Waals surface area contributed by atoms with Crippen LogP contribution in [0, 0.1) is 0 Å². The van der Waals surface area contributed by atoms with Crippen molar-refractivity contribution in [3.63, 3.8) is 0 Å². The van der Waals surface area contributed by atoms with Gasteiger partial charge in [-0.1, -0.05) is 91.0 Å². The molecule has 0 radical (unpaired) electrons. The molecule has 2 heterocycles. The maximum Gasteiger partial charge on any atom is 0.407 e. The SMILES string of the molecule is O=C(NCCCCC1NC(=O)C2(CCN(Cc3ccccc3)CC2)N(Cc2ccccc2)C1=O)OCc1ccccc1. The van der Waals surface area contributed by atoms with E-state index in [0.29, 0.717) is 45.2 Å². The van der Waals surface area contributed by atoms with Gasteiger partial charge in [0.15, 0.2) is 0 Å². The molecule has 2 N–H and O–H groups in total. The molecule has 0 saturated carbocycles. The van der Waals surface area contributed by atoms with Crippen LogP contribution in [0.1, 0.15) is 48.8 Å². The van der Waals surface area contributed by atoms with Gasteiger partial charge in [-0.15, -0.1) is 0 Å². The first-order chi connectivity index (χ1) is 20.5. The Kier molecular flexibility index (Phi) is 9.87. The zero-order valence-electron chi connectivity index (χ0n) is 24.0. The number of carbonyl (C=O) groups excluding carboxylic acids is 3. The molecule has 0 aromatic heterocycles. The fourth-order valence-corrected chi connectivity index (χ4v) is 5.92. The average molecular weight is 569 g/mol. The van der Waals surface area contributed by atoms with E-state index in [1.807, 2.05) is 83.8 Å². The van der Waals surface area contributed by atoms with Crippen LogP contribution in [-0.4, -0.2) is 58.9 Å². The third-order valence-corrected chi connectivity index (χ3v) is 8.33. The summed E-state index contributed by atoms with van der Waals surface area (Å²) in [5.41, 5.74) is 2.35. The van der Waals surface area contributed by atoms with Gasteiger partial charge in [0, 0.05) is 32.7 Å². The number of unbranched alkanes of at least 4 members (excludes halogenated alkanes) is 1. The highest BCUT2D eigenvalue weighted by atomic mass is 16.5. The van der Waals surface area contributed by atoms with Crippen LogP contribution in [0.5, 0.6) is 0 Å². The molecule has 8 heteroatoms. The summed E-state index contributed by atoms with van der Waals surface area (Å²) in [5.74, 6) is -0.0739. The van der Waals surface area contributed by atoms with Crippen molar-refractivity contribution in [3.8, 4) is 0 Å². The van der Waals surface area contributed by atoms with Gasteiger partial charge in [0.05, 0.1) is 0 Å². The number of ether oxygens (including phenoxy) is 1. The number of rotatable bonds is 11. The van der Waals surface area contributed by atoms with Gasteiger partial charge in [0.25, 0.3) is 0 Å². The van der Waals surface area contributed by atoms with Crippen molar-refractivity contribution in [1.82, 2.24) is 20.4 Å². The quantitative estimate of drug-likeness (QED) is 0.329. The highest BCUT2D eigenvalue weighted by Gasteiger charge is 2.53. The number of hydrogen-bond donors (Lipinski definition) is 2. The largest absolute Gasteiger partial charge is 0.445 e. The normalized spacial score (nSPS) is 18.5. The summed E-state index contributed by atoms with van der Waals surface area (Å²) in [6, 6.07) is 29.2. The first kappa shape index (κ1) is 29.3. The number of alkyl carbamates (subject to hydrolysis) is 1. The number of piperidine rings is 1. The van der Waals surface area contributed by atoms with Crippen molar-refractivity contribution in [1.29, 1.82) is 0 Å². The van der Waals surface area contributed by atoms with Gasteiger partial charge >= 0.3 is 6.09 Å². The molecule has 1 atom stereocenters. The van der Waals surface area contributed by atoms with Crippen LogP contribution in [0.25, 0.3) is 0 Å². The summed E-state index contributed by atoms with van der Waals surface area (Å²) < 4.78 is 5.26. The van der Waals surface area contributed by atoms with Crippen molar-refractivity contribution in [2.24, 2.45) is 0 Å². The summed E-state index contributed by atoms with van der Waals surface area (Å²) in [4.78, 5) is 43.9. The van der Waals surface area contributed by atoms with Crippen molar-refractivity contribution in [2.45, 2.75) is 63.4 Å². The van der Waals surface area contributed by atoms with Crippen LogP contribution in [0.3, 0.4) is 0 Å². The van der Waals surface area contributed by atoms with E-state index in [1.165, 1.54) is 5.56 Å². The van der Waals surface area contributed by atoms with E-state index >= 15 is 0 Å². The molecule has 220 valence electrons. The van der Waals surface area contributed by atoms with Gasteiger partial charge in [-0.25, -0.2) is 4.79 Å². The number of hydrogen-bond acceptors (Lipinski definition) is 5. The summed E-state index contributed by atoms with van der Waals surface area (Å²) in [6.07, 6.45) is 2.63. The van der Waals surface area contributed by atoms with Crippen LogP contribution < -0.4 is 10.6 Å². The number of nitrogens with zero attached hydrogens (tertiary/aromatic N) is 2. The second-order valence-electron chi connectivity index (χ2n) is 11.2. The zero-order valence-corrected chi connectivity index (χ0v) is 24.0. The molecule has 0 bridgehead atoms. The molecular formula is C34H40N4O4. The Bertz CT molecular complexity index is 1310. The molecular weight excluding hydrogens is 528 g/mol. The molecule has 3 aromatic carbocycles. The summed E-state index contributed by atoms with van der Waals surface area (Å²) in [6.45, 7) is 3.41. The molecule has 5 rings (SSSR count). The van der Waals surface area contributed by atoms with E-state index in [-0.39, 0.29) is 18.4 Å². The average Bonchev–Trinajstić information content (AvgIpc) is 3.03. The highest BCUT2D eigenvalue weighted by Crippen LogP contribution is 2.35. The summed E-state index contributed by atoms with van der Waals surface area (Å²) in [7, 11) is 0. The Labute approximate surface area is 248 Å². The van der Waals surface area contributed by atoms with Gasteiger partial charge in [0.1, 0.15) is 18.2 Å². The Morgan fingerprint density at radius 3 is 2.00 bits per heavy atom. The smallest absolute Gasteiger partial charge is 0.407 e. The van der Waals surface area contributed by atoms with Crippen molar-refractivity contribution in [2.75, 3.05) is 19.6 Å². The number of benzene rings is 3. The van der Waals surface area contributed by atoms with E-state index in [1.54, 1.807) is 0 Å². The summed E-state index contributed by atoms with van der Waals surface area (Å²) >= 11 is 0.